The van der Waals surface area contributed by atoms with Gasteiger partial charge in [0, 0.05) is 17.5 Å². The van der Waals surface area contributed by atoms with Crippen molar-refractivity contribution in [1.82, 2.24) is 4.98 Å². The van der Waals surface area contributed by atoms with E-state index in [-0.39, 0.29) is 6.10 Å². The summed E-state index contributed by atoms with van der Waals surface area (Å²) in [5.74, 6) is 0.542. The number of nitrogens with two attached hydrogens (primary N) is 1. The van der Waals surface area contributed by atoms with Gasteiger partial charge < -0.3 is 15.8 Å². The number of H-pyrrole nitrogens is 1. The first-order chi connectivity index (χ1) is 6.72. The summed E-state index contributed by atoms with van der Waals surface area (Å²) in [5.41, 5.74) is 9.05. The molecule has 0 saturated heterocycles. The Morgan fingerprint density at radius 2 is 2.43 bits per heavy atom. The van der Waals surface area contributed by atoms with Crippen molar-refractivity contribution in [3.63, 3.8) is 0 Å². The smallest absolute Gasteiger partial charge is 0.0812 e. The fraction of sp³-hybridized carbons (Fsp3) is 0.636. The van der Waals surface area contributed by atoms with Crippen LogP contribution in [0.15, 0.2) is 6.20 Å². The average Bonchev–Trinajstić information content (AvgIpc) is 2.48. The molecule has 0 amide bonds. The molecule has 2 unspecified atom stereocenters. The van der Waals surface area contributed by atoms with E-state index in [0.29, 0.717) is 12.5 Å². The highest BCUT2D eigenvalue weighted by Gasteiger charge is 2.27. The first-order valence-electron chi connectivity index (χ1n) is 5.27. The van der Waals surface area contributed by atoms with E-state index in [1.165, 1.54) is 11.3 Å². The normalized spacial score (nSPS) is 26.2. The maximum Gasteiger partial charge on any atom is 0.0812 e. The number of hydrogen-bond donors (Lipinski definition) is 3. The summed E-state index contributed by atoms with van der Waals surface area (Å²) in [4.78, 5) is 3.24. The second-order valence-electron chi connectivity index (χ2n) is 4.26. The summed E-state index contributed by atoms with van der Waals surface area (Å²) in [5, 5.41) is 9.97. The van der Waals surface area contributed by atoms with Gasteiger partial charge in [-0.05, 0) is 44.2 Å². The summed E-state index contributed by atoms with van der Waals surface area (Å²) in [6, 6.07) is 0. The molecule has 3 nitrogen and oxygen atoms in total. The Morgan fingerprint density at radius 3 is 3.14 bits per heavy atom. The SMILES string of the molecule is Cc1c[nH]c2c1C(O)CC(CCN)C2. The van der Waals surface area contributed by atoms with Gasteiger partial charge in [0.1, 0.15) is 0 Å². The molecule has 14 heavy (non-hydrogen) atoms. The molecule has 0 spiro atoms. The monoisotopic (exact) mass is 194 g/mol. The molecule has 3 heteroatoms. The number of hydrogen-bond acceptors (Lipinski definition) is 2. The molecule has 2 atom stereocenters. The van der Waals surface area contributed by atoms with E-state index in [2.05, 4.69) is 4.98 Å². The Kier molecular flexibility index (Phi) is 2.61. The van der Waals surface area contributed by atoms with Crippen LogP contribution in [0.4, 0.5) is 0 Å². The fourth-order valence-electron chi connectivity index (χ4n) is 2.48. The van der Waals surface area contributed by atoms with Crippen molar-refractivity contribution < 1.29 is 5.11 Å². The molecule has 1 aromatic heterocycles. The van der Waals surface area contributed by atoms with Crippen LogP contribution in [-0.2, 0) is 6.42 Å². The predicted octanol–water partition coefficient (Wildman–Crippen LogP) is 1.27. The van der Waals surface area contributed by atoms with Crippen LogP contribution in [0, 0.1) is 12.8 Å². The van der Waals surface area contributed by atoms with Gasteiger partial charge in [0.25, 0.3) is 0 Å². The van der Waals surface area contributed by atoms with Crippen molar-refractivity contribution in [3.8, 4) is 0 Å². The number of aromatic nitrogens is 1. The first kappa shape index (κ1) is 9.74. The Hall–Kier alpha value is -0.800. The highest BCUT2D eigenvalue weighted by Crippen LogP contribution is 2.35. The Balaban J connectivity index is 2.21. The minimum atomic E-state index is -0.290. The molecule has 0 aliphatic heterocycles. The number of aryl methyl sites for hydroxylation is 1. The molecule has 1 aliphatic rings. The van der Waals surface area contributed by atoms with Gasteiger partial charge in [-0.15, -0.1) is 0 Å². The zero-order valence-corrected chi connectivity index (χ0v) is 8.59. The number of aromatic amines is 1. The molecule has 0 radical (unpaired) electrons. The van der Waals surface area contributed by atoms with Crippen molar-refractivity contribution >= 4 is 0 Å². The van der Waals surface area contributed by atoms with Crippen LogP contribution in [0.3, 0.4) is 0 Å². The van der Waals surface area contributed by atoms with Crippen molar-refractivity contribution in [2.24, 2.45) is 11.7 Å². The standard InChI is InChI=1S/C11H18N2O/c1-7-6-13-9-4-8(2-3-12)5-10(14)11(7)9/h6,8,10,13-14H,2-5,12H2,1H3. The lowest BCUT2D eigenvalue weighted by molar-refractivity contribution is 0.129. The van der Waals surface area contributed by atoms with Crippen molar-refractivity contribution in [2.75, 3.05) is 6.54 Å². The summed E-state index contributed by atoms with van der Waals surface area (Å²) in [6.45, 7) is 2.76. The molecular formula is C11H18N2O. The quantitative estimate of drug-likeness (QED) is 0.664. The van der Waals surface area contributed by atoms with E-state index in [9.17, 15) is 5.11 Å². The number of nitrogens with one attached hydrogen (secondary N) is 1. The van der Waals surface area contributed by atoms with Crippen LogP contribution < -0.4 is 5.73 Å². The zero-order chi connectivity index (χ0) is 10.1. The summed E-state index contributed by atoms with van der Waals surface area (Å²) < 4.78 is 0. The topological polar surface area (TPSA) is 62.0 Å². The maximum atomic E-state index is 9.97. The van der Waals surface area contributed by atoms with Gasteiger partial charge in [-0.3, -0.25) is 0 Å². The largest absolute Gasteiger partial charge is 0.388 e. The zero-order valence-electron chi connectivity index (χ0n) is 8.59. The van der Waals surface area contributed by atoms with Gasteiger partial charge >= 0.3 is 0 Å². The van der Waals surface area contributed by atoms with Crippen LogP contribution in [0.2, 0.25) is 0 Å². The van der Waals surface area contributed by atoms with E-state index in [4.69, 9.17) is 5.73 Å². The van der Waals surface area contributed by atoms with Crippen molar-refractivity contribution in [3.05, 3.63) is 23.0 Å². The Labute approximate surface area is 84.3 Å². The number of aliphatic hydroxyl groups is 1. The van der Waals surface area contributed by atoms with Crippen LogP contribution in [0.1, 0.15) is 35.8 Å². The first-order valence-corrected chi connectivity index (χ1v) is 5.27. The summed E-state index contributed by atoms with van der Waals surface area (Å²) in [7, 11) is 0. The number of aliphatic hydroxyl groups excluding tert-OH is 1. The molecule has 78 valence electrons. The molecule has 0 aromatic carbocycles. The molecule has 0 bridgehead atoms. The number of fused-ring (bicyclic) bond motifs is 1. The minimum Gasteiger partial charge on any atom is -0.388 e. The van der Waals surface area contributed by atoms with Crippen molar-refractivity contribution in [1.29, 1.82) is 0 Å². The Morgan fingerprint density at radius 1 is 1.64 bits per heavy atom. The molecular weight excluding hydrogens is 176 g/mol. The maximum absolute atomic E-state index is 9.97. The van der Waals surface area contributed by atoms with Gasteiger partial charge in [0.15, 0.2) is 0 Å². The molecule has 0 saturated carbocycles. The fourth-order valence-corrected chi connectivity index (χ4v) is 2.48. The van der Waals surface area contributed by atoms with E-state index in [1.54, 1.807) is 0 Å². The lowest BCUT2D eigenvalue weighted by Crippen LogP contribution is -2.21. The van der Waals surface area contributed by atoms with Gasteiger partial charge in [-0.2, -0.15) is 0 Å². The molecule has 1 aromatic rings. The predicted molar refractivity (Wildman–Crippen MR) is 56.0 cm³/mol. The van der Waals surface area contributed by atoms with E-state index >= 15 is 0 Å². The van der Waals surface area contributed by atoms with E-state index in [0.717, 1.165) is 24.8 Å². The molecule has 4 N–H and O–H groups in total. The second-order valence-corrected chi connectivity index (χ2v) is 4.26. The molecule has 2 rings (SSSR count). The third-order valence-corrected chi connectivity index (χ3v) is 3.17. The molecule has 1 heterocycles. The summed E-state index contributed by atoms with van der Waals surface area (Å²) in [6.07, 6.45) is 4.61. The third kappa shape index (κ3) is 1.57. The third-order valence-electron chi connectivity index (χ3n) is 3.17. The summed E-state index contributed by atoms with van der Waals surface area (Å²) >= 11 is 0. The van der Waals surface area contributed by atoms with Crippen LogP contribution >= 0.6 is 0 Å². The lowest BCUT2D eigenvalue weighted by atomic mass is 9.83. The van der Waals surface area contributed by atoms with Crippen LogP contribution in [0.25, 0.3) is 0 Å². The van der Waals surface area contributed by atoms with Gasteiger partial charge in [-0.25, -0.2) is 0 Å². The molecule has 0 fully saturated rings. The van der Waals surface area contributed by atoms with E-state index in [1.807, 2.05) is 13.1 Å². The Bertz CT molecular complexity index is 319. The lowest BCUT2D eigenvalue weighted by Gasteiger charge is -2.26. The molecule has 1 aliphatic carbocycles. The van der Waals surface area contributed by atoms with Crippen molar-refractivity contribution in [2.45, 2.75) is 32.3 Å². The highest BCUT2D eigenvalue weighted by atomic mass is 16.3. The second kappa shape index (κ2) is 3.75. The average molecular weight is 194 g/mol. The van der Waals surface area contributed by atoms with Gasteiger partial charge in [0.2, 0.25) is 0 Å². The van der Waals surface area contributed by atoms with Crippen LogP contribution in [0.5, 0.6) is 0 Å². The van der Waals surface area contributed by atoms with Gasteiger partial charge in [-0.1, -0.05) is 0 Å². The minimum absolute atomic E-state index is 0.290. The van der Waals surface area contributed by atoms with Gasteiger partial charge in [0.05, 0.1) is 6.10 Å². The number of rotatable bonds is 2. The van der Waals surface area contributed by atoms with E-state index < -0.39 is 0 Å². The highest BCUT2D eigenvalue weighted by molar-refractivity contribution is 5.34. The van der Waals surface area contributed by atoms with Crippen LogP contribution in [-0.4, -0.2) is 16.6 Å².